The van der Waals surface area contributed by atoms with Gasteiger partial charge in [-0.05, 0) is 85.6 Å². The van der Waals surface area contributed by atoms with E-state index in [1.54, 1.807) is 25.1 Å². The van der Waals surface area contributed by atoms with Crippen molar-refractivity contribution in [3.05, 3.63) is 112 Å². The van der Waals surface area contributed by atoms with Crippen LogP contribution in [-0.2, 0) is 15.8 Å². The second kappa shape index (κ2) is 23.3. The number of aliphatic hydroxyl groups excluding tert-OH is 1. The predicted octanol–water partition coefficient (Wildman–Crippen LogP) is 10.4. The lowest BCUT2D eigenvalue weighted by molar-refractivity contribution is -0.141. The number of anilines is 2. The van der Waals surface area contributed by atoms with E-state index in [1.807, 2.05) is 24.8 Å². The standard InChI is InChI=1S/C60H60F8N10O6S/c1-29(2)47(57(81)78-27-36(79)21-44(78)56(80)71-30(3)31-5-7-32(8-6-31)48-42(63)19-33(61)20-43(48)64)45-23-46(75-84-45)83-28-59(4)13-15-76(16-14-59)17-18-82-58-73-52-38(55(74-58)77-25-34-9-10-35(26-77)72-34)22-40(60(66,67)68)50(51(52)65)37-11-12-41(62)53-49(37)39(24-69)54(70)85-53/h5-8,11-12,19-20,22-23,29-30,34-36,44,47,72,79H,9-10,13-18,21,25-28,70H2,1-4H3,(H,71,80)/t30-,34?,35?,36+,44-,47+/m0/s1. The molecule has 85 heavy (non-hydrogen) atoms. The van der Waals surface area contributed by atoms with Crippen molar-refractivity contribution < 1.29 is 63.8 Å². The second-order valence-electron chi connectivity index (χ2n) is 23.2. The summed E-state index contributed by atoms with van der Waals surface area (Å²) in [5.41, 5.74) is 2.74. The van der Waals surface area contributed by atoms with Crippen LogP contribution in [0, 0.1) is 51.8 Å². The third kappa shape index (κ3) is 11.8. The number of alkyl halides is 3. The van der Waals surface area contributed by atoms with E-state index in [-0.39, 0.29) is 110 Å². The lowest BCUT2D eigenvalue weighted by atomic mass is 9.81. The van der Waals surface area contributed by atoms with Crippen molar-refractivity contribution >= 4 is 55.0 Å². The molecular formula is C60H60F8N10O6S. The Labute approximate surface area is 486 Å². The zero-order chi connectivity index (χ0) is 60.4. The summed E-state index contributed by atoms with van der Waals surface area (Å²) in [7, 11) is 0. The zero-order valence-corrected chi connectivity index (χ0v) is 47.5. The van der Waals surface area contributed by atoms with Crippen molar-refractivity contribution in [3.63, 3.8) is 0 Å². The number of piperidine rings is 1. The Bertz CT molecular complexity index is 3720. The average molecular weight is 1200 g/mol. The number of thiophene rings is 1. The van der Waals surface area contributed by atoms with Gasteiger partial charge in [-0.3, -0.25) is 14.5 Å². The van der Waals surface area contributed by atoms with Gasteiger partial charge in [-0.1, -0.05) is 51.1 Å². The van der Waals surface area contributed by atoms with Crippen molar-refractivity contribution in [3.8, 4) is 40.2 Å². The van der Waals surface area contributed by atoms with Gasteiger partial charge < -0.3 is 45.3 Å². The van der Waals surface area contributed by atoms with E-state index in [0.29, 0.717) is 74.6 Å². The van der Waals surface area contributed by atoms with Crippen molar-refractivity contribution in [2.45, 2.75) is 102 Å². The average Bonchev–Trinajstić information content (AvgIpc) is 3.26. The molecule has 0 aliphatic carbocycles. The molecule has 0 saturated carbocycles. The molecule has 2 bridgehead atoms. The van der Waals surface area contributed by atoms with Gasteiger partial charge in [-0.15, -0.1) is 11.3 Å². The fourth-order valence-corrected chi connectivity index (χ4v) is 13.2. The molecule has 3 aromatic heterocycles. The number of nitrogens with two attached hydrogens (primary N) is 1. The summed E-state index contributed by atoms with van der Waals surface area (Å²) in [6.45, 7) is 10.0. The van der Waals surface area contributed by atoms with Gasteiger partial charge in [0.2, 0.25) is 11.8 Å². The monoisotopic (exact) mass is 1200 g/mol. The Balaban J connectivity index is 0.731. The first-order chi connectivity index (χ1) is 40.5. The maximum absolute atomic E-state index is 17.3. The minimum atomic E-state index is -5.10. The molecule has 4 fully saturated rings. The van der Waals surface area contributed by atoms with Gasteiger partial charge in [0.25, 0.3) is 5.88 Å². The van der Waals surface area contributed by atoms with Crippen LogP contribution in [0.5, 0.6) is 11.9 Å². The second-order valence-corrected chi connectivity index (χ2v) is 24.3. The number of rotatable bonds is 16. The third-order valence-corrected chi connectivity index (χ3v) is 17.9. The molecule has 16 nitrogen and oxygen atoms in total. The molecule has 0 radical (unpaired) electrons. The maximum Gasteiger partial charge on any atom is 0.417 e. The molecule has 4 aromatic carbocycles. The molecule has 4 saturated heterocycles. The van der Waals surface area contributed by atoms with Crippen LogP contribution in [0.4, 0.5) is 45.9 Å². The smallest absolute Gasteiger partial charge is 0.417 e. The molecule has 2 amide bonds. The van der Waals surface area contributed by atoms with E-state index in [4.69, 9.17) is 19.7 Å². The highest BCUT2D eigenvalue weighted by atomic mass is 32.1. The number of carbonyl (C=O) groups excluding carboxylic acids is 2. The van der Waals surface area contributed by atoms with Gasteiger partial charge in [0.05, 0.1) is 40.1 Å². The number of aromatic nitrogens is 3. The quantitative estimate of drug-likeness (QED) is 0.0664. The highest BCUT2D eigenvalue weighted by Crippen LogP contribution is 2.49. The number of nitriles is 1. The largest absolute Gasteiger partial charge is 0.475 e. The van der Waals surface area contributed by atoms with Gasteiger partial charge in [0.1, 0.15) is 64.2 Å². The van der Waals surface area contributed by atoms with Gasteiger partial charge >= 0.3 is 12.2 Å². The Morgan fingerprint density at radius 3 is 2.29 bits per heavy atom. The number of ether oxygens (including phenoxy) is 2. The van der Waals surface area contributed by atoms with Crippen LogP contribution in [0.15, 0.2) is 65.2 Å². The number of benzene rings is 4. The molecule has 25 heteroatoms. The van der Waals surface area contributed by atoms with Gasteiger partial charge in [-0.25, -0.2) is 22.0 Å². The van der Waals surface area contributed by atoms with E-state index in [2.05, 4.69) is 37.6 Å². The summed E-state index contributed by atoms with van der Waals surface area (Å²) >= 11 is 0.684. The summed E-state index contributed by atoms with van der Waals surface area (Å²) in [6, 6.07) is 11.6. The Kier molecular flexibility index (Phi) is 16.2. The van der Waals surface area contributed by atoms with Gasteiger partial charge in [0, 0.05) is 84.6 Å². The van der Waals surface area contributed by atoms with Crippen LogP contribution in [0.1, 0.15) is 94.2 Å². The topological polar surface area (TPSA) is 208 Å². The molecule has 2 unspecified atom stereocenters. The zero-order valence-electron chi connectivity index (χ0n) is 46.6. The number of β-amino-alcohol motifs (C(OH)–C–C–N with tert-alkyl or cyclic N) is 1. The number of amides is 2. The minimum absolute atomic E-state index is 0.0218. The highest BCUT2D eigenvalue weighted by molar-refractivity contribution is 7.23. The molecule has 7 aromatic rings. The lowest BCUT2D eigenvalue weighted by Crippen LogP contribution is -2.51. The number of carbonyl (C=O) groups is 2. The number of nitrogens with one attached hydrogen (secondary N) is 2. The number of fused-ring (bicyclic) bond motifs is 4. The van der Waals surface area contributed by atoms with Crippen molar-refractivity contribution in [2.75, 3.05) is 63.1 Å². The molecule has 0 spiro atoms. The van der Waals surface area contributed by atoms with Crippen LogP contribution in [0.25, 0.3) is 43.2 Å². The Morgan fingerprint density at radius 2 is 1.64 bits per heavy atom. The molecule has 4 aliphatic rings. The summed E-state index contributed by atoms with van der Waals surface area (Å²) in [6.07, 6.45) is -3.06. The number of piperazine rings is 1. The van der Waals surface area contributed by atoms with Crippen LogP contribution < -0.4 is 30.7 Å². The predicted molar refractivity (Wildman–Crippen MR) is 300 cm³/mol. The SMILES string of the molecule is CC(C)[C@@H](C(=O)N1C[C@H](O)C[C@H]1C(=O)N[C@@H](C)c1ccc(-c2c(F)cc(F)cc2F)cc1)c1cc(OCC2(C)CCN(CCOc3nc(N4CC5CCC(C4)N5)c4cc(C(F)(F)F)c(-c5ccc(F)c6sc(N)c(C#N)c56)c(F)c4n3)CC2)no1. The third-order valence-electron chi connectivity index (χ3n) is 16.9. The fourth-order valence-electron chi connectivity index (χ4n) is 12.3. The number of nitrogen functional groups attached to an aromatic ring is 1. The van der Waals surface area contributed by atoms with Gasteiger partial charge in [-0.2, -0.15) is 28.4 Å². The van der Waals surface area contributed by atoms with E-state index < -0.39 is 93.4 Å². The number of hydrogen-bond acceptors (Lipinski definition) is 15. The van der Waals surface area contributed by atoms with E-state index >= 15 is 22.0 Å². The molecule has 4 aliphatic heterocycles. The van der Waals surface area contributed by atoms with E-state index in [0.717, 1.165) is 31.0 Å². The van der Waals surface area contributed by atoms with Crippen LogP contribution in [-0.4, -0.2) is 119 Å². The summed E-state index contributed by atoms with van der Waals surface area (Å²) in [4.78, 5) is 42.5. The molecule has 11 rings (SSSR count). The molecular weight excluding hydrogens is 1140 g/mol. The number of nitrogens with zero attached hydrogens (tertiary/aromatic N) is 7. The lowest BCUT2D eigenvalue weighted by Gasteiger charge is -2.38. The highest BCUT2D eigenvalue weighted by Gasteiger charge is 2.45. The fraction of sp³-hybridized carbons (Fsp3) is 0.433. The Morgan fingerprint density at radius 1 is 0.941 bits per heavy atom. The van der Waals surface area contributed by atoms with Crippen LogP contribution >= 0.6 is 11.3 Å². The number of halogens is 8. The van der Waals surface area contributed by atoms with E-state index in [9.17, 15) is 33.1 Å². The molecule has 448 valence electrons. The van der Waals surface area contributed by atoms with Crippen LogP contribution in [0.3, 0.4) is 0 Å². The summed E-state index contributed by atoms with van der Waals surface area (Å²) in [5, 5.41) is 30.7. The summed E-state index contributed by atoms with van der Waals surface area (Å²) in [5.74, 6) is -7.10. The van der Waals surface area contributed by atoms with Crippen LogP contribution in [0.2, 0.25) is 0 Å². The maximum atomic E-state index is 17.3. The summed E-state index contributed by atoms with van der Waals surface area (Å²) < 4.78 is 138. The minimum Gasteiger partial charge on any atom is -0.475 e. The van der Waals surface area contributed by atoms with Crippen molar-refractivity contribution in [2.24, 2.45) is 11.3 Å². The first-order valence-corrected chi connectivity index (χ1v) is 28.8. The molecule has 7 heterocycles. The van der Waals surface area contributed by atoms with Crippen molar-refractivity contribution in [1.82, 2.24) is 35.6 Å². The molecule has 6 atom stereocenters. The first kappa shape index (κ1) is 59.1. The molecule has 5 N–H and O–H groups in total. The normalized spacial score (nSPS) is 20.5. The Hall–Kier alpha value is -7.66. The van der Waals surface area contributed by atoms with Crippen molar-refractivity contribution in [1.29, 1.82) is 5.26 Å². The number of hydrogen-bond donors (Lipinski definition) is 4. The van der Waals surface area contributed by atoms with E-state index in [1.165, 1.54) is 17.0 Å². The first-order valence-electron chi connectivity index (χ1n) is 28.0. The number of likely N-dealkylation sites (tertiary alicyclic amines) is 2. The number of aliphatic hydroxyl groups is 1. The van der Waals surface area contributed by atoms with Gasteiger partial charge in [0.15, 0.2) is 11.6 Å².